The Kier molecular flexibility index (Phi) is 4.57. The van der Waals surface area contributed by atoms with Crippen LogP contribution >= 0.6 is 11.6 Å². The van der Waals surface area contributed by atoms with Gasteiger partial charge in [-0.2, -0.15) is 0 Å². The smallest absolute Gasteiger partial charge is 0.406 e. The Labute approximate surface area is 123 Å². The molecule has 0 aromatic heterocycles. The highest BCUT2D eigenvalue weighted by molar-refractivity contribution is 6.30. The fourth-order valence-electron chi connectivity index (χ4n) is 1.66. The van der Waals surface area contributed by atoms with Crippen molar-refractivity contribution in [2.45, 2.75) is 12.9 Å². The van der Waals surface area contributed by atoms with Crippen molar-refractivity contribution in [2.75, 3.05) is 5.32 Å². The fourth-order valence-corrected chi connectivity index (χ4v) is 1.77. The number of hydrogen-bond donors (Lipinski definition) is 1. The van der Waals surface area contributed by atoms with Crippen LogP contribution in [0.1, 0.15) is 5.56 Å². The summed E-state index contributed by atoms with van der Waals surface area (Å²) in [5.74, 6) is -0.875. The average Bonchev–Trinajstić information content (AvgIpc) is 2.39. The van der Waals surface area contributed by atoms with E-state index in [-0.39, 0.29) is 17.3 Å². The predicted octanol–water partition coefficient (Wildman–Crippen LogP) is 4.99. The number of hydrogen-bond acceptors (Lipinski definition) is 2. The molecule has 1 N–H and O–H groups in total. The van der Waals surface area contributed by atoms with E-state index in [1.807, 2.05) is 0 Å². The van der Waals surface area contributed by atoms with Crippen LogP contribution in [0.5, 0.6) is 5.75 Å². The SMILES string of the molecule is Fc1cc(CNc2cccc(OC(F)(F)F)c2)ccc1Cl. The number of ether oxygens (including phenoxy) is 1. The third-order valence-corrected chi connectivity index (χ3v) is 2.85. The lowest BCUT2D eigenvalue weighted by molar-refractivity contribution is -0.274. The first-order valence-corrected chi connectivity index (χ1v) is 6.25. The second kappa shape index (κ2) is 6.22. The summed E-state index contributed by atoms with van der Waals surface area (Å²) in [4.78, 5) is 0. The summed E-state index contributed by atoms with van der Waals surface area (Å²) in [5, 5.41) is 2.89. The van der Waals surface area contributed by atoms with Crippen LogP contribution in [-0.4, -0.2) is 6.36 Å². The molecule has 2 aromatic rings. The molecule has 112 valence electrons. The maximum atomic E-state index is 13.3. The lowest BCUT2D eigenvalue weighted by Gasteiger charge is -2.11. The van der Waals surface area contributed by atoms with Crippen LogP contribution in [0.25, 0.3) is 0 Å². The summed E-state index contributed by atoms with van der Waals surface area (Å²) < 4.78 is 53.4. The highest BCUT2D eigenvalue weighted by Crippen LogP contribution is 2.25. The molecule has 21 heavy (non-hydrogen) atoms. The molecule has 0 atom stereocenters. The second-order valence-electron chi connectivity index (χ2n) is 4.18. The monoisotopic (exact) mass is 319 g/mol. The van der Waals surface area contributed by atoms with Crippen LogP contribution in [0.4, 0.5) is 23.2 Å². The number of anilines is 1. The topological polar surface area (TPSA) is 21.3 Å². The maximum Gasteiger partial charge on any atom is 0.573 e. The van der Waals surface area contributed by atoms with Gasteiger partial charge < -0.3 is 10.1 Å². The zero-order chi connectivity index (χ0) is 15.5. The minimum absolute atomic E-state index is 0.0133. The molecule has 0 spiro atoms. The molecule has 2 nitrogen and oxygen atoms in total. The predicted molar refractivity (Wildman–Crippen MR) is 71.9 cm³/mol. The zero-order valence-electron chi connectivity index (χ0n) is 10.5. The molecule has 0 radical (unpaired) electrons. The fraction of sp³-hybridized carbons (Fsp3) is 0.143. The normalized spacial score (nSPS) is 11.3. The zero-order valence-corrected chi connectivity index (χ0v) is 11.3. The molecular formula is C14H10ClF4NO. The van der Waals surface area contributed by atoms with Crippen LogP contribution in [0.15, 0.2) is 42.5 Å². The van der Waals surface area contributed by atoms with E-state index in [4.69, 9.17) is 11.6 Å². The van der Waals surface area contributed by atoms with Crippen molar-refractivity contribution < 1.29 is 22.3 Å². The van der Waals surface area contributed by atoms with Crippen molar-refractivity contribution >= 4 is 17.3 Å². The van der Waals surface area contributed by atoms with Gasteiger partial charge in [-0.1, -0.05) is 23.7 Å². The number of alkyl halides is 3. The van der Waals surface area contributed by atoms with Gasteiger partial charge in [0, 0.05) is 18.3 Å². The molecule has 0 aliphatic heterocycles. The van der Waals surface area contributed by atoms with E-state index in [0.717, 1.165) is 0 Å². The van der Waals surface area contributed by atoms with Gasteiger partial charge in [-0.25, -0.2) is 4.39 Å². The van der Waals surface area contributed by atoms with Crippen LogP contribution in [0.3, 0.4) is 0 Å². The summed E-state index contributed by atoms with van der Waals surface area (Å²) in [7, 11) is 0. The lowest BCUT2D eigenvalue weighted by atomic mass is 10.2. The summed E-state index contributed by atoms with van der Waals surface area (Å²) in [6.45, 7) is 0.240. The minimum Gasteiger partial charge on any atom is -0.406 e. The van der Waals surface area contributed by atoms with E-state index in [1.54, 1.807) is 12.1 Å². The van der Waals surface area contributed by atoms with Gasteiger partial charge in [-0.3, -0.25) is 0 Å². The van der Waals surface area contributed by atoms with Gasteiger partial charge in [0.1, 0.15) is 11.6 Å². The van der Waals surface area contributed by atoms with Crippen molar-refractivity contribution in [3.8, 4) is 5.75 Å². The molecule has 2 aromatic carbocycles. The first-order valence-electron chi connectivity index (χ1n) is 5.87. The Morgan fingerprint density at radius 2 is 1.86 bits per heavy atom. The Bertz CT molecular complexity index is 631. The Hall–Kier alpha value is -1.95. The standard InChI is InChI=1S/C14H10ClF4NO/c15-12-5-4-9(6-13(12)16)8-20-10-2-1-3-11(7-10)21-14(17,18)19/h1-7,20H,8H2. The van der Waals surface area contributed by atoms with Crippen molar-refractivity contribution in [1.82, 2.24) is 0 Å². The highest BCUT2D eigenvalue weighted by atomic mass is 35.5. The summed E-state index contributed by atoms with van der Waals surface area (Å²) >= 11 is 5.56. The van der Waals surface area contributed by atoms with Crippen LogP contribution in [0.2, 0.25) is 5.02 Å². The average molecular weight is 320 g/mol. The van der Waals surface area contributed by atoms with Crippen molar-refractivity contribution in [1.29, 1.82) is 0 Å². The summed E-state index contributed by atoms with van der Waals surface area (Å²) in [6, 6.07) is 9.69. The van der Waals surface area contributed by atoms with Gasteiger partial charge in [0.05, 0.1) is 5.02 Å². The van der Waals surface area contributed by atoms with E-state index in [0.29, 0.717) is 11.3 Å². The molecule has 0 unspecified atom stereocenters. The number of nitrogens with one attached hydrogen (secondary N) is 1. The first-order chi connectivity index (χ1) is 9.83. The molecule has 7 heteroatoms. The molecular weight excluding hydrogens is 310 g/mol. The third-order valence-electron chi connectivity index (χ3n) is 2.55. The van der Waals surface area contributed by atoms with Gasteiger partial charge in [0.25, 0.3) is 0 Å². The molecule has 2 rings (SSSR count). The highest BCUT2D eigenvalue weighted by Gasteiger charge is 2.31. The van der Waals surface area contributed by atoms with Crippen LogP contribution < -0.4 is 10.1 Å². The maximum absolute atomic E-state index is 13.3. The molecule has 0 aliphatic rings. The van der Waals surface area contributed by atoms with Gasteiger partial charge >= 0.3 is 6.36 Å². The molecule has 0 saturated carbocycles. The number of halogens is 5. The van der Waals surface area contributed by atoms with Gasteiger partial charge in [0.2, 0.25) is 0 Å². The molecule has 0 heterocycles. The third kappa shape index (κ3) is 4.82. The van der Waals surface area contributed by atoms with E-state index in [2.05, 4.69) is 10.1 Å². The summed E-state index contributed by atoms with van der Waals surface area (Å²) in [5.41, 5.74) is 1.03. The Morgan fingerprint density at radius 3 is 2.52 bits per heavy atom. The van der Waals surface area contributed by atoms with Crippen LogP contribution in [0, 0.1) is 5.82 Å². The van der Waals surface area contributed by atoms with Gasteiger partial charge in [0.15, 0.2) is 0 Å². The van der Waals surface area contributed by atoms with Crippen molar-refractivity contribution in [2.24, 2.45) is 0 Å². The van der Waals surface area contributed by atoms with E-state index in [1.165, 1.54) is 30.3 Å². The van der Waals surface area contributed by atoms with E-state index < -0.39 is 12.2 Å². The number of benzene rings is 2. The molecule has 0 bridgehead atoms. The van der Waals surface area contributed by atoms with E-state index >= 15 is 0 Å². The first kappa shape index (κ1) is 15.4. The van der Waals surface area contributed by atoms with Gasteiger partial charge in [-0.15, -0.1) is 13.2 Å². The summed E-state index contributed by atoms with van der Waals surface area (Å²) in [6.07, 6.45) is -4.74. The molecule has 0 aliphatic carbocycles. The number of rotatable bonds is 4. The quantitative estimate of drug-likeness (QED) is 0.802. The van der Waals surface area contributed by atoms with Gasteiger partial charge in [-0.05, 0) is 29.8 Å². The lowest BCUT2D eigenvalue weighted by Crippen LogP contribution is -2.17. The molecule has 0 amide bonds. The van der Waals surface area contributed by atoms with Crippen LogP contribution in [-0.2, 0) is 6.54 Å². The largest absolute Gasteiger partial charge is 0.573 e. The minimum atomic E-state index is -4.74. The molecule has 0 fully saturated rings. The van der Waals surface area contributed by atoms with Crippen molar-refractivity contribution in [3.63, 3.8) is 0 Å². The van der Waals surface area contributed by atoms with E-state index in [9.17, 15) is 17.6 Å². The Balaban J connectivity index is 2.03. The molecule has 0 saturated heterocycles. The Morgan fingerprint density at radius 1 is 1.10 bits per heavy atom. The second-order valence-corrected chi connectivity index (χ2v) is 4.58. The van der Waals surface area contributed by atoms with Crippen molar-refractivity contribution in [3.05, 3.63) is 58.9 Å².